The molecule has 3 N–H and O–H groups in total. The Labute approximate surface area is 123 Å². The van der Waals surface area contributed by atoms with Crippen LogP contribution in [0.4, 0.5) is 5.69 Å². The minimum absolute atomic E-state index is 0.0947. The van der Waals surface area contributed by atoms with Gasteiger partial charge in [-0.1, -0.05) is 39.0 Å². The summed E-state index contributed by atoms with van der Waals surface area (Å²) in [4.78, 5) is 12.2. The lowest BCUT2D eigenvalue weighted by Crippen LogP contribution is -2.14. The van der Waals surface area contributed by atoms with E-state index in [1.165, 1.54) is 5.56 Å². The molecule has 4 heteroatoms. The average molecular weight is 288 g/mol. The van der Waals surface area contributed by atoms with Crippen molar-refractivity contribution in [2.45, 2.75) is 32.7 Å². The second-order valence-electron chi connectivity index (χ2n) is 5.82. The number of anilines is 1. The van der Waals surface area contributed by atoms with Gasteiger partial charge in [-0.25, -0.2) is 0 Å². The largest absolute Gasteiger partial charge is 0.380 e. The molecule has 0 aliphatic heterocycles. The molecule has 20 heavy (non-hydrogen) atoms. The van der Waals surface area contributed by atoms with Crippen LogP contribution < -0.4 is 11.1 Å². The smallest absolute Gasteiger partial charge is 0.249 e. The summed E-state index contributed by atoms with van der Waals surface area (Å²) in [5.41, 5.74) is 8.35. The number of amides is 1. The summed E-state index contributed by atoms with van der Waals surface area (Å²) >= 11 is 1.55. The molecule has 106 valence electrons. The Morgan fingerprint density at radius 2 is 2.00 bits per heavy atom. The summed E-state index contributed by atoms with van der Waals surface area (Å²) in [5, 5.41) is 5.25. The lowest BCUT2D eigenvalue weighted by molar-refractivity contribution is 0.100. The Morgan fingerprint density at radius 3 is 2.60 bits per heavy atom. The first-order valence-corrected chi connectivity index (χ1v) is 7.46. The van der Waals surface area contributed by atoms with E-state index in [1.807, 2.05) is 12.1 Å². The Hall–Kier alpha value is -1.81. The van der Waals surface area contributed by atoms with Crippen molar-refractivity contribution in [3.63, 3.8) is 0 Å². The second-order valence-corrected chi connectivity index (χ2v) is 6.81. The molecule has 0 aliphatic carbocycles. The lowest BCUT2D eigenvalue weighted by Gasteiger charge is -2.23. The van der Waals surface area contributed by atoms with E-state index in [1.54, 1.807) is 16.7 Å². The summed E-state index contributed by atoms with van der Waals surface area (Å²) in [6, 6.07) is 10.2. The van der Waals surface area contributed by atoms with E-state index in [0.717, 1.165) is 10.6 Å². The number of rotatable bonds is 4. The molecule has 0 radical (unpaired) electrons. The minimum atomic E-state index is -0.373. The number of thiophene rings is 1. The average Bonchev–Trinajstić information content (AvgIpc) is 2.84. The normalized spacial score (nSPS) is 11.3. The molecule has 0 atom stereocenters. The molecular formula is C16H20N2OS. The van der Waals surface area contributed by atoms with Crippen LogP contribution in [0.5, 0.6) is 0 Å². The number of hydrogen-bond donors (Lipinski definition) is 2. The third kappa shape index (κ3) is 3.39. The van der Waals surface area contributed by atoms with Gasteiger partial charge in [0.15, 0.2) is 0 Å². The SMILES string of the molecule is CC(C)(C)c1ccccc1NCc1cc(C(N)=O)cs1. The van der Waals surface area contributed by atoms with Crippen molar-refractivity contribution in [2.75, 3.05) is 5.32 Å². The second kappa shape index (κ2) is 5.67. The highest BCUT2D eigenvalue weighted by atomic mass is 32.1. The van der Waals surface area contributed by atoms with Gasteiger partial charge in [0, 0.05) is 22.5 Å². The number of primary amides is 1. The molecule has 1 aromatic heterocycles. The zero-order chi connectivity index (χ0) is 14.8. The molecule has 1 heterocycles. The van der Waals surface area contributed by atoms with Crippen LogP contribution in [0.25, 0.3) is 0 Å². The Balaban J connectivity index is 2.13. The molecule has 1 aromatic carbocycles. The Kier molecular flexibility index (Phi) is 4.14. The highest BCUT2D eigenvalue weighted by molar-refractivity contribution is 7.10. The fraction of sp³-hybridized carbons (Fsp3) is 0.312. The van der Waals surface area contributed by atoms with Gasteiger partial charge in [0.25, 0.3) is 0 Å². The molecule has 2 aromatic rings. The van der Waals surface area contributed by atoms with Crippen LogP contribution in [-0.4, -0.2) is 5.91 Å². The van der Waals surface area contributed by atoms with E-state index >= 15 is 0 Å². The van der Waals surface area contributed by atoms with Gasteiger partial charge in [0.2, 0.25) is 5.91 Å². The quantitative estimate of drug-likeness (QED) is 0.900. The molecule has 3 nitrogen and oxygen atoms in total. The van der Waals surface area contributed by atoms with E-state index in [2.05, 4.69) is 44.3 Å². The standard InChI is InChI=1S/C16H20N2OS/c1-16(2,3)13-6-4-5-7-14(13)18-9-12-8-11(10-20-12)15(17)19/h4-8,10,18H,9H2,1-3H3,(H2,17,19). The van der Waals surface area contributed by atoms with Crippen molar-refractivity contribution < 1.29 is 4.79 Å². The maximum absolute atomic E-state index is 11.1. The van der Waals surface area contributed by atoms with Crippen molar-refractivity contribution in [3.8, 4) is 0 Å². The van der Waals surface area contributed by atoms with E-state index in [9.17, 15) is 4.79 Å². The van der Waals surface area contributed by atoms with Crippen molar-refractivity contribution in [3.05, 3.63) is 51.7 Å². The van der Waals surface area contributed by atoms with Crippen molar-refractivity contribution in [1.29, 1.82) is 0 Å². The Bertz CT molecular complexity index is 611. The van der Waals surface area contributed by atoms with Gasteiger partial charge < -0.3 is 11.1 Å². The van der Waals surface area contributed by atoms with Crippen molar-refractivity contribution >= 4 is 22.9 Å². The fourth-order valence-electron chi connectivity index (χ4n) is 2.08. The van der Waals surface area contributed by atoms with Crippen LogP contribution in [0, 0.1) is 0 Å². The summed E-state index contributed by atoms with van der Waals surface area (Å²) < 4.78 is 0. The molecule has 0 aliphatic rings. The number of carbonyl (C=O) groups excluding carboxylic acids is 1. The highest BCUT2D eigenvalue weighted by Gasteiger charge is 2.17. The molecule has 0 saturated carbocycles. The lowest BCUT2D eigenvalue weighted by atomic mass is 9.86. The van der Waals surface area contributed by atoms with Gasteiger partial charge in [-0.05, 0) is 23.1 Å². The third-order valence-corrected chi connectivity index (χ3v) is 4.06. The number of para-hydroxylation sites is 1. The van der Waals surface area contributed by atoms with E-state index in [-0.39, 0.29) is 11.3 Å². The topological polar surface area (TPSA) is 55.1 Å². The summed E-state index contributed by atoms with van der Waals surface area (Å²) in [5.74, 6) is -0.373. The van der Waals surface area contributed by atoms with E-state index in [4.69, 9.17) is 5.73 Å². The summed E-state index contributed by atoms with van der Waals surface area (Å²) in [6.45, 7) is 7.29. The minimum Gasteiger partial charge on any atom is -0.380 e. The first kappa shape index (κ1) is 14.6. The molecule has 0 unspecified atom stereocenters. The van der Waals surface area contributed by atoms with Gasteiger partial charge in [-0.3, -0.25) is 4.79 Å². The summed E-state index contributed by atoms with van der Waals surface area (Å²) in [7, 11) is 0. The maximum Gasteiger partial charge on any atom is 0.249 e. The Morgan fingerprint density at radius 1 is 1.30 bits per heavy atom. The zero-order valence-corrected chi connectivity index (χ0v) is 12.9. The molecular weight excluding hydrogens is 268 g/mol. The van der Waals surface area contributed by atoms with Crippen LogP contribution in [0.2, 0.25) is 0 Å². The van der Waals surface area contributed by atoms with Crippen molar-refractivity contribution in [1.82, 2.24) is 0 Å². The molecule has 1 amide bonds. The fourth-order valence-corrected chi connectivity index (χ4v) is 2.89. The van der Waals surface area contributed by atoms with Gasteiger partial charge in [-0.15, -0.1) is 11.3 Å². The van der Waals surface area contributed by atoms with E-state index < -0.39 is 0 Å². The first-order chi connectivity index (χ1) is 9.38. The number of hydrogen-bond acceptors (Lipinski definition) is 3. The predicted octanol–water partition coefficient (Wildman–Crippen LogP) is 3.76. The van der Waals surface area contributed by atoms with Crippen LogP contribution in [0.1, 0.15) is 41.6 Å². The van der Waals surface area contributed by atoms with Gasteiger partial charge >= 0.3 is 0 Å². The summed E-state index contributed by atoms with van der Waals surface area (Å²) in [6.07, 6.45) is 0. The monoisotopic (exact) mass is 288 g/mol. The predicted molar refractivity (Wildman–Crippen MR) is 85.3 cm³/mol. The van der Waals surface area contributed by atoms with Crippen LogP contribution >= 0.6 is 11.3 Å². The van der Waals surface area contributed by atoms with Crippen LogP contribution in [-0.2, 0) is 12.0 Å². The zero-order valence-electron chi connectivity index (χ0n) is 12.1. The highest BCUT2D eigenvalue weighted by Crippen LogP contribution is 2.29. The van der Waals surface area contributed by atoms with Gasteiger partial charge in [0.05, 0.1) is 5.56 Å². The van der Waals surface area contributed by atoms with Gasteiger partial charge in [0.1, 0.15) is 0 Å². The number of nitrogens with one attached hydrogen (secondary N) is 1. The van der Waals surface area contributed by atoms with Crippen molar-refractivity contribution in [2.24, 2.45) is 5.73 Å². The molecule has 0 saturated heterocycles. The molecule has 2 rings (SSSR count). The van der Waals surface area contributed by atoms with E-state index in [0.29, 0.717) is 12.1 Å². The van der Waals surface area contributed by atoms with Crippen LogP contribution in [0.3, 0.4) is 0 Å². The van der Waals surface area contributed by atoms with Gasteiger partial charge in [-0.2, -0.15) is 0 Å². The molecule has 0 spiro atoms. The molecule has 0 fully saturated rings. The number of carbonyl (C=O) groups is 1. The number of nitrogens with two attached hydrogens (primary N) is 1. The molecule has 0 bridgehead atoms. The number of benzene rings is 1. The maximum atomic E-state index is 11.1. The first-order valence-electron chi connectivity index (χ1n) is 6.58. The third-order valence-electron chi connectivity index (χ3n) is 3.13. The van der Waals surface area contributed by atoms with Crippen LogP contribution in [0.15, 0.2) is 35.7 Å².